The maximum Gasteiger partial charge on any atom is 0.292 e. The van der Waals surface area contributed by atoms with Crippen molar-refractivity contribution < 1.29 is 9.21 Å². The summed E-state index contributed by atoms with van der Waals surface area (Å²) in [6.07, 6.45) is 1.30. The van der Waals surface area contributed by atoms with Crippen molar-refractivity contribution in [2.24, 2.45) is 0 Å². The quantitative estimate of drug-likeness (QED) is 0.871. The second kappa shape index (κ2) is 8.55. The topological polar surface area (TPSA) is 58.4 Å². The third-order valence-corrected chi connectivity index (χ3v) is 4.05. The molecule has 2 heterocycles. The molecule has 1 saturated heterocycles. The van der Waals surface area contributed by atoms with E-state index >= 15 is 0 Å². The summed E-state index contributed by atoms with van der Waals surface area (Å²) in [5.41, 5.74) is 1.55. The highest BCUT2D eigenvalue weighted by Gasteiger charge is 2.32. The van der Waals surface area contributed by atoms with E-state index < -0.39 is 0 Å². The molecule has 3 rings (SSSR count). The van der Waals surface area contributed by atoms with Crippen LogP contribution in [-0.4, -0.2) is 35.4 Å². The van der Waals surface area contributed by atoms with Gasteiger partial charge in [-0.3, -0.25) is 4.79 Å². The van der Waals surface area contributed by atoms with Crippen molar-refractivity contribution in [3.63, 3.8) is 0 Å². The summed E-state index contributed by atoms with van der Waals surface area (Å²) in [6.45, 7) is 3.79. The highest BCUT2D eigenvalue weighted by molar-refractivity contribution is 6.31. The minimum atomic E-state index is -0.142. The van der Waals surface area contributed by atoms with Crippen LogP contribution < -0.4 is 5.32 Å². The molecule has 0 bridgehead atoms. The molecular formula is C15H18Cl3N3O2. The van der Waals surface area contributed by atoms with Crippen molar-refractivity contribution in [1.82, 2.24) is 15.2 Å². The molecule has 0 spiro atoms. The highest BCUT2D eigenvalue weighted by Crippen LogP contribution is 2.29. The summed E-state index contributed by atoms with van der Waals surface area (Å²) in [4.78, 5) is 18.5. The van der Waals surface area contributed by atoms with Crippen LogP contribution in [-0.2, 0) is 0 Å². The van der Waals surface area contributed by atoms with Gasteiger partial charge in [0.05, 0.1) is 11.7 Å². The number of carbonyl (C=O) groups excluding carboxylic acids is 1. The third-order valence-electron chi connectivity index (χ3n) is 3.71. The van der Waals surface area contributed by atoms with Crippen LogP contribution in [0, 0.1) is 6.92 Å². The fourth-order valence-electron chi connectivity index (χ4n) is 2.61. The first-order valence-corrected chi connectivity index (χ1v) is 7.22. The molecule has 2 aromatic rings. The molecule has 1 fully saturated rings. The molecule has 1 aromatic heterocycles. The molecule has 1 aliphatic heterocycles. The van der Waals surface area contributed by atoms with Gasteiger partial charge in [-0.2, -0.15) is 0 Å². The first-order valence-electron chi connectivity index (χ1n) is 6.84. The number of nitrogens with one attached hydrogen (secondary N) is 1. The zero-order chi connectivity index (χ0) is 14.8. The lowest BCUT2D eigenvalue weighted by Gasteiger charge is -2.36. The van der Waals surface area contributed by atoms with Gasteiger partial charge < -0.3 is 14.6 Å². The Morgan fingerprint density at radius 1 is 1.39 bits per heavy atom. The maximum atomic E-state index is 12.7. The predicted molar refractivity (Wildman–Crippen MR) is 93.8 cm³/mol. The summed E-state index contributed by atoms with van der Waals surface area (Å²) in [6, 6.07) is 7.50. The SMILES string of the molecule is Cc1ncoc1C(=O)N1CCNCC1c1ccccc1Cl.Cl.Cl. The molecule has 5 nitrogen and oxygen atoms in total. The Balaban J connectivity index is 0.00000132. The lowest BCUT2D eigenvalue weighted by molar-refractivity contribution is 0.0601. The minimum absolute atomic E-state index is 0. The van der Waals surface area contributed by atoms with Crippen molar-refractivity contribution in [3.8, 4) is 0 Å². The van der Waals surface area contributed by atoms with Crippen molar-refractivity contribution in [2.75, 3.05) is 19.6 Å². The molecule has 0 saturated carbocycles. The first kappa shape index (κ1) is 19.8. The molecule has 1 aliphatic rings. The van der Waals surface area contributed by atoms with Crippen LogP contribution in [0.15, 0.2) is 35.1 Å². The largest absolute Gasteiger partial charge is 0.438 e. The molecule has 1 N–H and O–H groups in total. The van der Waals surface area contributed by atoms with Gasteiger partial charge in [0.25, 0.3) is 5.91 Å². The van der Waals surface area contributed by atoms with E-state index in [1.165, 1.54) is 6.39 Å². The Labute approximate surface area is 152 Å². The summed E-state index contributed by atoms with van der Waals surface area (Å²) >= 11 is 6.28. The van der Waals surface area contributed by atoms with Crippen LogP contribution in [0.1, 0.15) is 27.9 Å². The second-order valence-electron chi connectivity index (χ2n) is 5.01. The number of amides is 1. The zero-order valence-electron chi connectivity index (χ0n) is 12.5. The van der Waals surface area contributed by atoms with Crippen molar-refractivity contribution >= 4 is 42.3 Å². The molecule has 126 valence electrons. The molecule has 1 aromatic carbocycles. The van der Waals surface area contributed by atoms with E-state index in [0.29, 0.717) is 29.6 Å². The van der Waals surface area contributed by atoms with E-state index in [-0.39, 0.29) is 36.8 Å². The van der Waals surface area contributed by atoms with Crippen molar-refractivity contribution in [2.45, 2.75) is 13.0 Å². The highest BCUT2D eigenvalue weighted by atomic mass is 35.5. The van der Waals surface area contributed by atoms with Gasteiger partial charge in [-0.15, -0.1) is 24.8 Å². The van der Waals surface area contributed by atoms with Gasteiger partial charge in [-0.05, 0) is 18.6 Å². The van der Waals surface area contributed by atoms with Gasteiger partial charge >= 0.3 is 0 Å². The van der Waals surface area contributed by atoms with Gasteiger partial charge in [0, 0.05) is 24.7 Å². The predicted octanol–water partition coefficient (Wildman–Crippen LogP) is 3.27. The van der Waals surface area contributed by atoms with Crippen LogP contribution in [0.4, 0.5) is 0 Å². The molecule has 1 atom stereocenters. The maximum absolute atomic E-state index is 12.7. The summed E-state index contributed by atoms with van der Waals surface area (Å²) in [7, 11) is 0. The minimum Gasteiger partial charge on any atom is -0.438 e. The van der Waals surface area contributed by atoms with Gasteiger partial charge in [-0.25, -0.2) is 4.98 Å². The Kier molecular flexibility index (Phi) is 7.35. The van der Waals surface area contributed by atoms with Gasteiger partial charge in [-0.1, -0.05) is 29.8 Å². The standard InChI is InChI=1S/C15H16ClN3O2.2ClH/c1-10-14(21-9-18-10)15(20)19-7-6-17-8-13(19)11-4-2-3-5-12(11)16;;/h2-5,9,13,17H,6-8H2,1H3;2*1H. The monoisotopic (exact) mass is 377 g/mol. The number of hydrogen-bond donors (Lipinski definition) is 1. The number of oxazole rings is 1. The Morgan fingerprint density at radius 3 is 2.78 bits per heavy atom. The van der Waals surface area contributed by atoms with Gasteiger partial charge in [0.15, 0.2) is 6.39 Å². The number of benzene rings is 1. The smallest absolute Gasteiger partial charge is 0.292 e. The van der Waals surface area contributed by atoms with Crippen LogP contribution in [0.5, 0.6) is 0 Å². The van der Waals surface area contributed by atoms with E-state index in [0.717, 1.165) is 12.1 Å². The second-order valence-corrected chi connectivity index (χ2v) is 5.41. The number of halogens is 3. The third kappa shape index (κ3) is 3.98. The van der Waals surface area contributed by atoms with Crippen LogP contribution in [0.2, 0.25) is 5.02 Å². The lowest BCUT2D eigenvalue weighted by atomic mass is 10.0. The molecule has 23 heavy (non-hydrogen) atoms. The molecule has 0 aliphatic carbocycles. The summed E-state index contributed by atoms with van der Waals surface area (Å²) in [5.74, 6) is 0.158. The fourth-order valence-corrected chi connectivity index (χ4v) is 2.87. The number of carbonyl (C=O) groups is 1. The van der Waals surface area contributed by atoms with E-state index in [1.807, 2.05) is 24.3 Å². The van der Waals surface area contributed by atoms with Gasteiger partial charge in [0.1, 0.15) is 0 Å². The van der Waals surface area contributed by atoms with Crippen LogP contribution in [0.25, 0.3) is 0 Å². The number of nitrogens with zero attached hydrogens (tertiary/aromatic N) is 2. The van der Waals surface area contributed by atoms with E-state index in [9.17, 15) is 4.79 Å². The summed E-state index contributed by atoms with van der Waals surface area (Å²) in [5, 5.41) is 3.97. The number of aromatic nitrogens is 1. The Bertz CT molecular complexity index is 663. The molecule has 8 heteroatoms. The van der Waals surface area contributed by atoms with E-state index in [4.69, 9.17) is 16.0 Å². The molecule has 0 radical (unpaired) electrons. The normalized spacial score (nSPS) is 17.1. The average molecular weight is 379 g/mol. The summed E-state index contributed by atoms with van der Waals surface area (Å²) < 4.78 is 5.24. The molecule has 1 amide bonds. The Morgan fingerprint density at radius 2 is 2.13 bits per heavy atom. The van der Waals surface area contributed by atoms with Gasteiger partial charge in [0.2, 0.25) is 5.76 Å². The number of rotatable bonds is 2. The lowest BCUT2D eigenvalue weighted by Crippen LogP contribution is -2.48. The van der Waals surface area contributed by atoms with E-state index in [2.05, 4.69) is 10.3 Å². The zero-order valence-corrected chi connectivity index (χ0v) is 14.9. The average Bonchev–Trinajstić information content (AvgIpc) is 2.93. The van der Waals surface area contributed by atoms with Crippen molar-refractivity contribution in [1.29, 1.82) is 0 Å². The fraction of sp³-hybridized carbons (Fsp3) is 0.333. The molecular weight excluding hydrogens is 361 g/mol. The Hall–Kier alpha value is -1.27. The number of aryl methyl sites for hydroxylation is 1. The number of piperazine rings is 1. The van der Waals surface area contributed by atoms with Crippen molar-refractivity contribution in [3.05, 3.63) is 52.7 Å². The number of hydrogen-bond acceptors (Lipinski definition) is 4. The van der Waals surface area contributed by atoms with Crippen LogP contribution in [0.3, 0.4) is 0 Å². The van der Waals surface area contributed by atoms with E-state index in [1.54, 1.807) is 11.8 Å². The van der Waals surface area contributed by atoms with Crippen LogP contribution >= 0.6 is 36.4 Å². The first-order chi connectivity index (χ1) is 10.2. The molecule has 1 unspecified atom stereocenters.